The highest BCUT2D eigenvalue weighted by atomic mass is 35.5. The average molecular weight is 541 g/mol. The molecule has 2 heterocycles. The van der Waals surface area contributed by atoms with Crippen molar-refractivity contribution in [2.24, 2.45) is 0 Å². The van der Waals surface area contributed by atoms with E-state index < -0.39 is 11.8 Å². The van der Waals surface area contributed by atoms with Crippen LogP contribution in [0.5, 0.6) is 0 Å². The second-order valence-electron chi connectivity index (χ2n) is 7.89. The minimum absolute atomic E-state index is 0.0634. The van der Waals surface area contributed by atoms with Crippen LogP contribution in [0, 0.1) is 0 Å². The molecule has 5 rings (SSSR count). The van der Waals surface area contributed by atoms with E-state index in [1.54, 1.807) is 24.3 Å². The Morgan fingerprint density at radius 2 is 1.66 bits per heavy atom. The molecule has 0 spiro atoms. The number of para-hydroxylation sites is 1. The van der Waals surface area contributed by atoms with Crippen LogP contribution in [-0.2, 0) is 16.1 Å². The monoisotopic (exact) mass is 539 g/mol. The van der Waals surface area contributed by atoms with Crippen LogP contribution in [0.25, 0.3) is 17.0 Å². The van der Waals surface area contributed by atoms with E-state index in [0.29, 0.717) is 17.3 Å². The number of rotatable bonds is 4. The second-order valence-corrected chi connectivity index (χ2v) is 9.50. The Morgan fingerprint density at radius 1 is 0.914 bits per heavy atom. The highest BCUT2D eigenvalue weighted by Crippen LogP contribution is 2.35. The zero-order valence-corrected chi connectivity index (χ0v) is 21.1. The first kappa shape index (κ1) is 23.6. The first-order valence-electron chi connectivity index (χ1n) is 10.5. The number of thiocarbonyl (C=S) groups is 1. The number of hydrogen-bond acceptors (Lipinski definition) is 3. The molecule has 1 N–H and O–H groups in total. The van der Waals surface area contributed by atoms with Gasteiger partial charge in [0.05, 0.1) is 15.7 Å². The molecular weight excluding hydrogens is 525 g/mol. The Balaban J connectivity index is 1.58. The molecule has 0 saturated carbocycles. The molecule has 0 aliphatic carbocycles. The molecule has 35 heavy (non-hydrogen) atoms. The van der Waals surface area contributed by atoms with Gasteiger partial charge >= 0.3 is 0 Å². The van der Waals surface area contributed by atoms with Crippen LogP contribution in [0.2, 0.25) is 15.1 Å². The molecule has 0 radical (unpaired) electrons. The third kappa shape index (κ3) is 4.46. The summed E-state index contributed by atoms with van der Waals surface area (Å²) in [7, 11) is 0. The number of aromatic nitrogens is 1. The summed E-state index contributed by atoms with van der Waals surface area (Å²) in [6, 6.07) is 20.3. The Labute approximate surface area is 221 Å². The van der Waals surface area contributed by atoms with Gasteiger partial charge in [0.1, 0.15) is 5.57 Å². The van der Waals surface area contributed by atoms with Crippen molar-refractivity contribution in [1.29, 1.82) is 0 Å². The fourth-order valence-corrected chi connectivity index (χ4v) is 4.78. The third-order valence-electron chi connectivity index (χ3n) is 5.66. The molecule has 1 fully saturated rings. The number of halogens is 3. The average Bonchev–Trinajstić information content (AvgIpc) is 3.18. The number of carbonyl (C=O) groups is 2. The molecule has 0 atom stereocenters. The molecular formula is C26H16Cl3N3O2S. The van der Waals surface area contributed by atoms with E-state index in [0.717, 1.165) is 22.0 Å². The topological polar surface area (TPSA) is 54.3 Å². The number of nitrogens with one attached hydrogen (secondary N) is 1. The number of hydrogen-bond donors (Lipinski definition) is 1. The van der Waals surface area contributed by atoms with Gasteiger partial charge in [0.25, 0.3) is 11.8 Å². The number of nitrogens with zero attached hydrogens (tertiary/aromatic N) is 2. The predicted octanol–water partition coefficient (Wildman–Crippen LogP) is 6.48. The molecule has 0 unspecified atom stereocenters. The zero-order valence-electron chi connectivity index (χ0n) is 18.0. The van der Waals surface area contributed by atoms with Crippen molar-refractivity contribution in [2.75, 3.05) is 4.90 Å². The smallest absolute Gasteiger partial charge is 0.270 e. The van der Waals surface area contributed by atoms with Gasteiger partial charge in [-0.25, -0.2) is 0 Å². The van der Waals surface area contributed by atoms with Crippen LogP contribution in [0.15, 0.2) is 78.5 Å². The van der Waals surface area contributed by atoms with Crippen LogP contribution < -0.4 is 10.2 Å². The Hall–Kier alpha value is -3.16. The van der Waals surface area contributed by atoms with Gasteiger partial charge in [-0.1, -0.05) is 71.2 Å². The van der Waals surface area contributed by atoms with Crippen molar-refractivity contribution in [2.45, 2.75) is 6.54 Å². The molecule has 1 aromatic heterocycles. The van der Waals surface area contributed by atoms with Crippen molar-refractivity contribution in [3.63, 3.8) is 0 Å². The van der Waals surface area contributed by atoms with Crippen LogP contribution in [-0.4, -0.2) is 21.5 Å². The Bertz CT molecular complexity index is 1540. The maximum absolute atomic E-state index is 13.5. The quantitative estimate of drug-likeness (QED) is 0.183. The predicted molar refractivity (Wildman–Crippen MR) is 145 cm³/mol. The lowest BCUT2D eigenvalue weighted by molar-refractivity contribution is -0.122. The zero-order chi connectivity index (χ0) is 24.7. The summed E-state index contributed by atoms with van der Waals surface area (Å²) >= 11 is 23.8. The summed E-state index contributed by atoms with van der Waals surface area (Å²) in [5.74, 6) is -1.17. The summed E-state index contributed by atoms with van der Waals surface area (Å²) in [5.41, 5.74) is 2.98. The fourth-order valence-electron chi connectivity index (χ4n) is 4.00. The van der Waals surface area contributed by atoms with Crippen molar-refractivity contribution in [3.05, 3.63) is 105 Å². The summed E-state index contributed by atoms with van der Waals surface area (Å²) in [5, 5.41) is 4.52. The highest BCUT2D eigenvalue weighted by molar-refractivity contribution is 7.80. The molecule has 1 aliphatic rings. The summed E-state index contributed by atoms with van der Waals surface area (Å²) in [4.78, 5) is 27.5. The van der Waals surface area contributed by atoms with Crippen LogP contribution in [0.4, 0.5) is 5.69 Å². The van der Waals surface area contributed by atoms with E-state index >= 15 is 0 Å². The lowest BCUT2D eigenvalue weighted by Gasteiger charge is -2.29. The van der Waals surface area contributed by atoms with Crippen LogP contribution in [0.3, 0.4) is 0 Å². The molecule has 1 aliphatic heterocycles. The number of benzene rings is 3. The standard InChI is InChI=1S/C26H16Cl3N3O2S/c27-17-10-8-15(9-11-17)13-31-14-16(18-4-1-2-6-21(18)31)12-19-24(33)30-26(35)32(25(19)34)22-7-3-5-20(28)23(22)29/h1-12,14H,13H2,(H,30,33,35)/b19-12+. The fraction of sp³-hybridized carbons (Fsp3) is 0.0385. The molecule has 9 heteroatoms. The highest BCUT2D eigenvalue weighted by Gasteiger charge is 2.36. The van der Waals surface area contributed by atoms with E-state index in [1.165, 1.54) is 4.90 Å². The second kappa shape index (κ2) is 9.47. The number of carbonyl (C=O) groups excluding carboxylic acids is 2. The van der Waals surface area contributed by atoms with Gasteiger partial charge in [0.15, 0.2) is 5.11 Å². The van der Waals surface area contributed by atoms with Crippen molar-refractivity contribution in [3.8, 4) is 0 Å². The Kier molecular flexibility index (Phi) is 6.38. The maximum atomic E-state index is 13.5. The lowest BCUT2D eigenvalue weighted by Crippen LogP contribution is -2.54. The van der Waals surface area contributed by atoms with E-state index in [2.05, 4.69) is 9.88 Å². The molecule has 174 valence electrons. The first-order valence-corrected chi connectivity index (χ1v) is 12.1. The van der Waals surface area contributed by atoms with Crippen LogP contribution >= 0.6 is 47.0 Å². The molecule has 1 saturated heterocycles. The number of anilines is 1. The SMILES string of the molecule is O=C1NC(=S)N(c2cccc(Cl)c2Cl)C(=O)/C1=C/c1cn(Cc2ccc(Cl)cc2)c2ccccc12. The first-order chi connectivity index (χ1) is 16.8. The number of fused-ring (bicyclic) bond motifs is 1. The van der Waals surface area contributed by atoms with Gasteiger partial charge < -0.3 is 4.57 Å². The molecule has 2 amide bonds. The van der Waals surface area contributed by atoms with Gasteiger partial charge in [-0.05, 0) is 54.2 Å². The van der Waals surface area contributed by atoms with Gasteiger partial charge in [0, 0.05) is 34.2 Å². The van der Waals surface area contributed by atoms with Gasteiger partial charge in [-0.15, -0.1) is 0 Å². The summed E-state index contributed by atoms with van der Waals surface area (Å²) in [6.45, 7) is 0.593. The van der Waals surface area contributed by atoms with Crippen molar-refractivity contribution >= 4 is 86.6 Å². The minimum atomic E-state index is -0.586. The molecule has 4 aromatic rings. The molecule has 0 bridgehead atoms. The van der Waals surface area contributed by atoms with Gasteiger partial charge in [0.2, 0.25) is 0 Å². The van der Waals surface area contributed by atoms with Gasteiger partial charge in [-0.2, -0.15) is 0 Å². The van der Waals surface area contributed by atoms with E-state index in [1.807, 2.05) is 54.7 Å². The lowest BCUT2D eigenvalue weighted by atomic mass is 10.1. The van der Waals surface area contributed by atoms with E-state index in [-0.39, 0.29) is 20.7 Å². The maximum Gasteiger partial charge on any atom is 0.270 e. The molecule has 3 aromatic carbocycles. The normalized spacial score (nSPS) is 15.2. The van der Waals surface area contributed by atoms with E-state index in [9.17, 15) is 9.59 Å². The number of amides is 2. The Morgan fingerprint density at radius 3 is 2.43 bits per heavy atom. The van der Waals surface area contributed by atoms with Gasteiger partial charge in [-0.3, -0.25) is 19.8 Å². The van der Waals surface area contributed by atoms with Crippen LogP contribution in [0.1, 0.15) is 11.1 Å². The van der Waals surface area contributed by atoms with Crippen molar-refractivity contribution < 1.29 is 9.59 Å². The summed E-state index contributed by atoms with van der Waals surface area (Å²) < 4.78 is 2.06. The summed E-state index contributed by atoms with van der Waals surface area (Å²) in [6.07, 6.45) is 3.49. The molecule has 5 nitrogen and oxygen atoms in total. The third-order valence-corrected chi connectivity index (χ3v) is 7.00. The minimum Gasteiger partial charge on any atom is -0.342 e. The largest absolute Gasteiger partial charge is 0.342 e. The van der Waals surface area contributed by atoms with E-state index in [4.69, 9.17) is 47.0 Å². The van der Waals surface area contributed by atoms with Crippen molar-refractivity contribution in [1.82, 2.24) is 9.88 Å².